The Morgan fingerprint density at radius 3 is 1.69 bits per heavy atom. The summed E-state index contributed by atoms with van der Waals surface area (Å²) in [5, 5.41) is 5.61. The highest BCUT2D eigenvalue weighted by Crippen LogP contribution is 2.16. The summed E-state index contributed by atoms with van der Waals surface area (Å²) in [6, 6.07) is 14.2. The van der Waals surface area contributed by atoms with Crippen LogP contribution in [0.15, 0.2) is 42.5 Å². The quantitative estimate of drug-likeness (QED) is 0.195. The summed E-state index contributed by atoms with van der Waals surface area (Å²) < 4.78 is 21.8. The number of hydrogen-bond donors (Lipinski definition) is 0. The van der Waals surface area contributed by atoms with Crippen LogP contribution in [0.2, 0.25) is 0 Å². The first-order valence-corrected chi connectivity index (χ1v) is 12.8. The van der Waals surface area contributed by atoms with Gasteiger partial charge in [0, 0.05) is 10.4 Å². The van der Waals surface area contributed by atoms with Gasteiger partial charge in [-0.1, -0.05) is 76.1 Å². The Morgan fingerprint density at radius 1 is 0.694 bits per heavy atom. The predicted octanol–water partition coefficient (Wildman–Crippen LogP) is 4.75. The molecule has 0 aliphatic rings. The molecule has 0 spiro atoms. The molecular formula is C30H36O6. The summed E-state index contributed by atoms with van der Waals surface area (Å²) in [5.41, 5.74) is 1.18. The van der Waals surface area contributed by atoms with E-state index in [2.05, 4.69) is 25.1 Å². The van der Waals surface area contributed by atoms with E-state index in [1.807, 2.05) is 38.1 Å². The number of unbranched alkanes of at least 4 members (excludes halogenated alkanes) is 2. The molecule has 0 N–H and O–H groups in total. The maximum absolute atomic E-state index is 12.0. The van der Waals surface area contributed by atoms with E-state index in [0.29, 0.717) is 13.2 Å². The molecule has 0 radical (unpaired) electrons. The van der Waals surface area contributed by atoms with E-state index < -0.39 is 0 Å². The van der Waals surface area contributed by atoms with E-state index in [-0.39, 0.29) is 25.2 Å². The SMILES string of the molecule is CCCCOC(=O)COC=c1c2ccccc2c(=COCC(=O)OCCCC)c2cc(CC)ccc12. The molecule has 0 fully saturated rings. The van der Waals surface area contributed by atoms with Crippen molar-refractivity contribution in [1.29, 1.82) is 0 Å². The summed E-state index contributed by atoms with van der Waals surface area (Å²) in [6.07, 6.45) is 7.75. The molecule has 0 saturated carbocycles. The van der Waals surface area contributed by atoms with Gasteiger partial charge in [0.1, 0.15) is 0 Å². The van der Waals surface area contributed by atoms with E-state index in [1.54, 1.807) is 12.5 Å². The van der Waals surface area contributed by atoms with Crippen LogP contribution < -0.4 is 10.4 Å². The first-order valence-electron chi connectivity index (χ1n) is 12.8. The molecule has 192 valence electrons. The van der Waals surface area contributed by atoms with Crippen LogP contribution >= 0.6 is 0 Å². The third-order valence-electron chi connectivity index (χ3n) is 5.91. The van der Waals surface area contributed by atoms with E-state index >= 15 is 0 Å². The maximum Gasteiger partial charge on any atom is 0.344 e. The lowest BCUT2D eigenvalue weighted by atomic mass is 9.96. The van der Waals surface area contributed by atoms with Gasteiger partial charge in [0.2, 0.25) is 0 Å². The zero-order valence-electron chi connectivity index (χ0n) is 21.5. The Kier molecular flexibility index (Phi) is 10.6. The molecule has 0 saturated heterocycles. The van der Waals surface area contributed by atoms with Gasteiger partial charge in [0.05, 0.1) is 25.7 Å². The second-order valence-corrected chi connectivity index (χ2v) is 8.61. The Morgan fingerprint density at radius 2 is 1.19 bits per heavy atom. The molecule has 3 aromatic rings. The minimum absolute atomic E-state index is 0.149. The highest BCUT2D eigenvalue weighted by Gasteiger charge is 2.09. The number of ether oxygens (including phenoxy) is 4. The van der Waals surface area contributed by atoms with Crippen LogP contribution in [0.5, 0.6) is 0 Å². The van der Waals surface area contributed by atoms with Gasteiger partial charge >= 0.3 is 11.9 Å². The summed E-state index contributed by atoms with van der Waals surface area (Å²) in [7, 11) is 0. The first kappa shape index (κ1) is 27.1. The average molecular weight is 493 g/mol. The molecule has 0 aliphatic carbocycles. The van der Waals surface area contributed by atoms with Gasteiger partial charge in [-0.2, -0.15) is 0 Å². The second-order valence-electron chi connectivity index (χ2n) is 8.61. The lowest BCUT2D eigenvalue weighted by Gasteiger charge is -2.10. The number of rotatable bonds is 13. The van der Waals surface area contributed by atoms with Crippen molar-refractivity contribution in [3.8, 4) is 0 Å². The number of benzene rings is 3. The van der Waals surface area contributed by atoms with E-state index in [9.17, 15) is 9.59 Å². The van der Waals surface area contributed by atoms with Gasteiger partial charge in [0.25, 0.3) is 0 Å². The first-order chi connectivity index (χ1) is 17.6. The molecule has 0 amide bonds. The van der Waals surface area contributed by atoms with Gasteiger partial charge in [-0.3, -0.25) is 0 Å². The Labute approximate surface area is 212 Å². The highest BCUT2D eigenvalue weighted by molar-refractivity contribution is 6.00. The predicted molar refractivity (Wildman–Crippen MR) is 143 cm³/mol. The fourth-order valence-electron chi connectivity index (χ4n) is 3.90. The van der Waals surface area contributed by atoms with Gasteiger partial charge in [0.15, 0.2) is 13.2 Å². The van der Waals surface area contributed by atoms with Crippen LogP contribution in [0.4, 0.5) is 0 Å². The van der Waals surface area contributed by atoms with Gasteiger partial charge in [-0.25, -0.2) is 9.59 Å². The van der Waals surface area contributed by atoms with Crippen molar-refractivity contribution < 1.29 is 28.5 Å². The van der Waals surface area contributed by atoms with Crippen molar-refractivity contribution >= 4 is 46.0 Å². The molecule has 36 heavy (non-hydrogen) atoms. The fourth-order valence-corrected chi connectivity index (χ4v) is 3.90. The molecule has 0 unspecified atom stereocenters. The second kappa shape index (κ2) is 14.1. The number of aryl methyl sites for hydroxylation is 1. The summed E-state index contributed by atoms with van der Waals surface area (Å²) >= 11 is 0. The molecule has 0 bridgehead atoms. The van der Waals surface area contributed by atoms with Crippen LogP contribution in [0.25, 0.3) is 34.1 Å². The van der Waals surface area contributed by atoms with Crippen molar-refractivity contribution in [2.75, 3.05) is 26.4 Å². The van der Waals surface area contributed by atoms with Crippen molar-refractivity contribution in [1.82, 2.24) is 0 Å². The van der Waals surface area contributed by atoms with Crippen LogP contribution in [-0.2, 0) is 35.0 Å². The molecule has 0 aromatic heterocycles. The number of fused-ring (bicyclic) bond motifs is 2. The molecule has 3 aromatic carbocycles. The van der Waals surface area contributed by atoms with Crippen LogP contribution in [-0.4, -0.2) is 38.4 Å². The van der Waals surface area contributed by atoms with Crippen molar-refractivity contribution in [2.24, 2.45) is 0 Å². The molecule has 6 heteroatoms. The number of esters is 2. The number of carbonyl (C=O) groups is 2. The Balaban J connectivity index is 2.00. The number of carbonyl (C=O) groups excluding carboxylic acids is 2. The van der Waals surface area contributed by atoms with Crippen molar-refractivity contribution in [3.05, 3.63) is 58.5 Å². The normalized spacial score (nSPS) is 12.2. The minimum Gasteiger partial charge on any atom is -0.489 e. The van der Waals surface area contributed by atoms with Crippen LogP contribution in [0, 0.1) is 0 Å². The zero-order valence-corrected chi connectivity index (χ0v) is 21.5. The third kappa shape index (κ3) is 7.23. The molecule has 0 aliphatic heterocycles. The topological polar surface area (TPSA) is 71.1 Å². The number of hydrogen-bond acceptors (Lipinski definition) is 6. The zero-order chi connectivity index (χ0) is 25.8. The Hall–Kier alpha value is -3.54. The van der Waals surface area contributed by atoms with Crippen LogP contribution in [0.1, 0.15) is 52.0 Å². The third-order valence-corrected chi connectivity index (χ3v) is 5.91. The van der Waals surface area contributed by atoms with E-state index in [0.717, 1.165) is 64.1 Å². The fraction of sp³-hybridized carbons (Fsp3) is 0.400. The Bertz CT molecular complexity index is 1290. The van der Waals surface area contributed by atoms with Gasteiger partial charge < -0.3 is 18.9 Å². The van der Waals surface area contributed by atoms with E-state index in [4.69, 9.17) is 18.9 Å². The lowest BCUT2D eigenvalue weighted by Crippen LogP contribution is -2.18. The lowest BCUT2D eigenvalue weighted by molar-refractivity contribution is -0.147. The molecule has 0 heterocycles. The largest absolute Gasteiger partial charge is 0.489 e. The van der Waals surface area contributed by atoms with Crippen LogP contribution in [0.3, 0.4) is 0 Å². The summed E-state index contributed by atoms with van der Waals surface area (Å²) in [6.45, 7) is 6.71. The van der Waals surface area contributed by atoms with Gasteiger partial charge in [-0.15, -0.1) is 0 Å². The molecular weight excluding hydrogens is 456 g/mol. The smallest absolute Gasteiger partial charge is 0.344 e. The minimum atomic E-state index is -0.384. The summed E-state index contributed by atoms with van der Waals surface area (Å²) in [5.74, 6) is -0.766. The van der Waals surface area contributed by atoms with Crippen molar-refractivity contribution in [2.45, 2.75) is 52.9 Å². The molecule has 3 rings (SSSR count). The molecule has 6 nitrogen and oxygen atoms in total. The average Bonchev–Trinajstić information content (AvgIpc) is 2.89. The summed E-state index contributed by atoms with van der Waals surface area (Å²) in [4.78, 5) is 24.0. The monoisotopic (exact) mass is 492 g/mol. The highest BCUT2D eigenvalue weighted by atomic mass is 16.6. The molecule has 0 atom stereocenters. The van der Waals surface area contributed by atoms with Crippen molar-refractivity contribution in [3.63, 3.8) is 0 Å². The van der Waals surface area contributed by atoms with Gasteiger partial charge in [-0.05, 0) is 46.4 Å². The van der Waals surface area contributed by atoms with E-state index in [1.165, 1.54) is 5.56 Å². The standard InChI is InChI=1S/C30H36O6/c1-4-7-15-35-29(31)20-33-18-27-23-11-9-10-12-24(23)28(19-34-21-30(32)36-16-8-5-2)26-17-22(6-3)13-14-25(26)27/h9-14,17-19H,4-8,15-16,20-21H2,1-3H3. The maximum atomic E-state index is 12.0.